The van der Waals surface area contributed by atoms with Crippen molar-refractivity contribution in [1.29, 1.82) is 0 Å². The van der Waals surface area contributed by atoms with E-state index in [1.54, 1.807) is 0 Å². The molecular weight excluding hydrogens is 434 g/mol. The van der Waals surface area contributed by atoms with Gasteiger partial charge in [0.1, 0.15) is 12.1 Å². The quantitative estimate of drug-likeness (QED) is 0.746. The van der Waals surface area contributed by atoms with Crippen molar-refractivity contribution < 1.29 is 14.7 Å². The molecular formula is C22H24BrN3O3. The van der Waals surface area contributed by atoms with Gasteiger partial charge in [-0.2, -0.15) is 0 Å². The van der Waals surface area contributed by atoms with E-state index in [-0.39, 0.29) is 12.5 Å². The molecule has 6 nitrogen and oxygen atoms in total. The fraction of sp³-hybridized carbons (Fsp3) is 0.364. The lowest BCUT2D eigenvalue weighted by Crippen LogP contribution is -2.56. The van der Waals surface area contributed by atoms with Crippen LogP contribution in [0.5, 0.6) is 0 Å². The molecule has 0 atom stereocenters. The molecule has 152 valence electrons. The second-order valence-corrected chi connectivity index (χ2v) is 8.65. The molecule has 1 N–H and O–H groups in total. The lowest BCUT2D eigenvalue weighted by molar-refractivity contribution is -0.144. The number of carboxylic acid groups (broad SMARTS) is 1. The number of carboxylic acids is 1. The third kappa shape index (κ3) is 4.02. The van der Waals surface area contributed by atoms with Gasteiger partial charge in [0, 0.05) is 29.8 Å². The summed E-state index contributed by atoms with van der Waals surface area (Å²) in [6.45, 7) is 2.51. The van der Waals surface area contributed by atoms with Gasteiger partial charge in [-0.3, -0.25) is 14.5 Å². The summed E-state index contributed by atoms with van der Waals surface area (Å²) in [4.78, 5) is 30.5. The molecule has 2 heterocycles. The summed E-state index contributed by atoms with van der Waals surface area (Å²) in [7, 11) is 0. The Hall–Kier alpha value is -2.38. The number of amides is 1. The summed E-state index contributed by atoms with van der Waals surface area (Å²) in [5, 5.41) is 9.24. The third-order valence-corrected chi connectivity index (χ3v) is 6.44. The fourth-order valence-corrected chi connectivity index (χ4v) is 4.68. The predicted octanol–water partition coefficient (Wildman–Crippen LogP) is 3.17. The number of carbonyl (C=O) groups is 2. The number of halogens is 1. The van der Waals surface area contributed by atoms with E-state index < -0.39 is 11.5 Å². The predicted molar refractivity (Wildman–Crippen MR) is 115 cm³/mol. The highest BCUT2D eigenvalue weighted by Gasteiger charge is 2.53. The topological polar surface area (TPSA) is 64.1 Å². The zero-order valence-electron chi connectivity index (χ0n) is 16.1. The van der Waals surface area contributed by atoms with Crippen LogP contribution >= 0.6 is 15.9 Å². The van der Waals surface area contributed by atoms with Crippen LogP contribution in [0.15, 0.2) is 59.1 Å². The Balaban J connectivity index is 1.53. The molecule has 0 bridgehead atoms. The molecule has 0 radical (unpaired) electrons. The van der Waals surface area contributed by atoms with Crippen LogP contribution < -0.4 is 4.90 Å². The molecule has 7 heteroatoms. The van der Waals surface area contributed by atoms with Crippen LogP contribution in [0.25, 0.3) is 0 Å². The maximum Gasteiger partial charge on any atom is 0.323 e. The number of hydrogen-bond donors (Lipinski definition) is 1. The van der Waals surface area contributed by atoms with Crippen molar-refractivity contribution in [2.24, 2.45) is 0 Å². The summed E-state index contributed by atoms with van der Waals surface area (Å²) in [5.74, 6) is -1.04. The minimum Gasteiger partial charge on any atom is -0.480 e. The van der Waals surface area contributed by atoms with Crippen LogP contribution in [0.1, 0.15) is 18.4 Å². The van der Waals surface area contributed by atoms with E-state index in [1.165, 1.54) is 10.5 Å². The Morgan fingerprint density at radius 3 is 2.31 bits per heavy atom. The van der Waals surface area contributed by atoms with Gasteiger partial charge in [0.2, 0.25) is 0 Å². The van der Waals surface area contributed by atoms with Crippen molar-refractivity contribution in [1.82, 2.24) is 9.80 Å². The molecule has 0 saturated carbocycles. The summed E-state index contributed by atoms with van der Waals surface area (Å²) in [6, 6.07) is 18.2. The number of rotatable bonds is 5. The zero-order chi connectivity index (χ0) is 20.4. The highest BCUT2D eigenvalue weighted by molar-refractivity contribution is 9.10. The number of likely N-dealkylation sites (tertiary alicyclic amines) is 1. The van der Waals surface area contributed by atoms with Crippen molar-refractivity contribution in [2.45, 2.75) is 24.9 Å². The van der Waals surface area contributed by atoms with Crippen molar-refractivity contribution in [3.05, 3.63) is 64.6 Å². The van der Waals surface area contributed by atoms with Gasteiger partial charge in [-0.25, -0.2) is 0 Å². The summed E-state index contributed by atoms with van der Waals surface area (Å²) >= 11 is 3.47. The average Bonchev–Trinajstić information content (AvgIpc) is 2.98. The normalized spacial score (nSPS) is 19.1. The largest absolute Gasteiger partial charge is 0.480 e. The molecule has 2 aromatic rings. The Labute approximate surface area is 178 Å². The SMILES string of the molecule is O=C(O)CN1CN(c2ccccc2)C2(CCN(Cc3ccc(Br)cc3)CC2)C1=O. The Morgan fingerprint density at radius 2 is 1.69 bits per heavy atom. The van der Waals surface area contributed by atoms with E-state index in [1.807, 2.05) is 42.5 Å². The molecule has 0 aliphatic carbocycles. The molecule has 2 saturated heterocycles. The van der Waals surface area contributed by atoms with Crippen LogP contribution in [-0.2, 0) is 16.1 Å². The number of aliphatic carboxylic acids is 1. The van der Waals surface area contributed by atoms with E-state index in [0.29, 0.717) is 19.5 Å². The number of benzene rings is 2. The Morgan fingerprint density at radius 1 is 1.03 bits per heavy atom. The van der Waals surface area contributed by atoms with Crippen LogP contribution in [0.3, 0.4) is 0 Å². The summed E-state index contributed by atoms with van der Waals surface area (Å²) in [5.41, 5.74) is 1.55. The maximum atomic E-state index is 13.3. The molecule has 1 amide bonds. The first-order chi connectivity index (χ1) is 14.0. The maximum absolute atomic E-state index is 13.3. The lowest BCUT2D eigenvalue weighted by atomic mass is 9.85. The zero-order valence-corrected chi connectivity index (χ0v) is 17.7. The van der Waals surface area contributed by atoms with E-state index in [0.717, 1.165) is 29.8 Å². The molecule has 4 rings (SSSR count). The van der Waals surface area contributed by atoms with Crippen LogP contribution in [0.2, 0.25) is 0 Å². The molecule has 2 aromatic carbocycles. The number of piperidine rings is 1. The Kier molecular flexibility index (Phi) is 5.61. The second kappa shape index (κ2) is 8.16. The number of carbonyl (C=O) groups excluding carboxylic acids is 1. The number of nitrogens with zero attached hydrogens (tertiary/aromatic N) is 3. The minimum absolute atomic E-state index is 0.0629. The van der Waals surface area contributed by atoms with E-state index in [4.69, 9.17) is 0 Å². The first-order valence-electron chi connectivity index (χ1n) is 9.79. The molecule has 2 fully saturated rings. The van der Waals surface area contributed by atoms with Gasteiger partial charge < -0.3 is 14.9 Å². The Bertz CT molecular complexity index is 880. The van der Waals surface area contributed by atoms with Crippen molar-refractivity contribution in [3.8, 4) is 0 Å². The van der Waals surface area contributed by atoms with Crippen molar-refractivity contribution in [2.75, 3.05) is 31.2 Å². The van der Waals surface area contributed by atoms with Gasteiger partial charge >= 0.3 is 5.97 Å². The van der Waals surface area contributed by atoms with E-state index in [9.17, 15) is 14.7 Å². The molecule has 29 heavy (non-hydrogen) atoms. The molecule has 0 unspecified atom stereocenters. The van der Waals surface area contributed by atoms with Crippen LogP contribution in [-0.4, -0.2) is 58.6 Å². The smallest absolute Gasteiger partial charge is 0.323 e. The number of para-hydroxylation sites is 1. The van der Waals surface area contributed by atoms with Gasteiger partial charge in [-0.05, 0) is 42.7 Å². The van der Waals surface area contributed by atoms with E-state index in [2.05, 4.69) is 37.9 Å². The van der Waals surface area contributed by atoms with Crippen molar-refractivity contribution >= 4 is 33.5 Å². The monoisotopic (exact) mass is 457 g/mol. The van der Waals surface area contributed by atoms with Gasteiger partial charge in [-0.15, -0.1) is 0 Å². The molecule has 2 aliphatic heterocycles. The highest BCUT2D eigenvalue weighted by Crippen LogP contribution is 2.39. The first-order valence-corrected chi connectivity index (χ1v) is 10.6. The fourth-order valence-electron chi connectivity index (χ4n) is 4.41. The first kappa shape index (κ1) is 19.9. The third-order valence-electron chi connectivity index (χ3n) is 5.91. The number of hydrogen-bond acceptors (Lipinski definition) is 4. The lowest BCUT2D eigenvalue weighted by Gasteiger charge is -2.43. The minimum atomic E-state index is -0.976. The molecule has 1 spiro atoms. The molecule has 2 aliphatic rings. The molecule has 0 aromatic heterocycles. The van der Waals surface area contributed by atoms with Gasteiger partial charge in [-0.1, -0.05) is 46.3 Å². The summed E-state index contributed by atoms with van der Waals surface area (Å²) in [6.07, 6.45) is 1.38. The van der Waals surface area contributed by atoms with Crippen LogP contribution in [0.4, 0.5) is 5.69 Å². The van der Waals surface area contributed by atoms with Gasteiger partial charge in [0.05, 0.1) is 6.67 Å². The average molecular weight is 458 g/mol. The number of anilines is 1. The standard InChI is InChI=1S/C22H24BrN3O3/c23-18-8-6-17(7-9-18)14-24-12-10-22(11-13-24)21(29)25(15-20(27)28)16-26(22)19-4-2-1-3-5-19/h1-9H,10-16H2,(H,27,28). The van der Waals surface area contributed by atoms with Crippen molar-refractivity contribution in [3.63, 3.8) is 0 Å². The van der Waals surface area contributed by atoms with Gasteiger partial charge in [0.25, 0.3) is 5.91 Å². The van der Waals surface area contributed by atoms with Gasteiger partial charge in [0.15, 0.2) is 0 Å². The van der Waals surface area contributed by atoms with Crippen LogP contribution in [0, 0.1) is 0 Å². The summed E-state index contributed by atoms with van der Waals surface area (Å²) < 4.78 is 1.06. The van der Waals surface area contributed by atoms with E-state index >= 15 is 0 Å². The second-order valence-electron chi connectivity index (χ2n) is 7.74. The highest BCUT2D eigenvalue weighted by atomic mass is 79.9.